The summed E-state index contributed by atoms with van der Waals surface area (Å²) in [6.07, 6.45) is -7.24. The van der Waals surface area contributed by atoms with Gasteiger partial charge in [0.25, 0.3) is 0 Å². The third-order valence-electron chi connectivity index (χ3n) is 1.53. The normalized spacial score (nSPS) is 16.1. The maximum absolute atomic E-state index is 11.8. The highest BCUT2D eigenvalue weighted by Gasteiger charge is 2.38. The molecule has 0 aliphatic carbocycles. The van der Waals surface area contributed by atoms with Crippen LogP contribution < -0.4 is 5.32 Å². The molecule has 0 saturated carbocycles. The molecule has 0 aromatic rings. The van der Waals surface area contributed by atoms with Crippen molar-refractivity contribution in [3.63, 3.8) is 0 Å². The molecule has 0 spiro atoms. The Hall–Kier alpha value is -0.490. The van der Waals surface area contributed by atoms with Gasteiger partial charge in [-0.25, -0.2) is 0 Å². The third kappa shape index (κ3) is 4.66. The molecular weight excluding hydrogens is 223 g/mol. The molecule has 0 aromatic heterocycles. The zero-order chi connectivity index (χ0) is 11.4. The third-order valence-corrected chi connectivity index (χ3v) is 1.99. The molecule has 0 bridgehead atoms. The van der Waals surface area contributed by atoms with Gasteiger partial charge in [-0.05, 0) is 0 Å². The van der Waals surface area contributed by atoms with E-state index in [0.29, 0.717) is 0 Å². The molecule has 0 aliphatic heterocycles. The molecule has 0 aliphatic rings. The Balaban J connectivity index is 3.89. The number of alkyl halides is 4. The molecule has 0 fully saturated rings. The minimum Gasteiger partial charge on any atom is -0.382 e. The number of carbonyl (C=O) groups excluding carboxylic acids is 1. The van der Waals surface area contributed by atoms with E-state index in [0.717, 1.165) is 0 Å². The fourth-order valence-corrected chi connectivity index (χ4v) is 0.697. The second kappa shape index (κ2) is 5.41. The standard InChI is InChI=1S/C7H11ClF3NO2/c1-4(2-8)6(14)12-3-5(13)7(9,10)11/h4-5,13H,2-3H2,1H3,(H,12,14). The molecule has 1 amide bonds. The van der Waals surface area contributed by atoms with Crippen molar-refractivity contribution in [2.45, 2.75) is 19.2 Å². The summed E-state index contributed by atoms with van der Waals surface area (Å²) in [7, 11) is 0. The SMILES string of the molecule is CC(CCl)C(=O)NCC(O)C(F)(F)F. The van der Waals surface area contributed by atoms with Gasteiger partial charge in [0, 0.05) is 11.8 Å². The first kappa shape index (κ1) is 13.5. The monoisotopic (exact) mass is 233 g/mol. The highest BCUT2D eigenvalue weighted by atomic mass is 35.5. The Morgan fingerprint density at radius 1 is 1.57 bits per heavy atom. The van der Waals surface area contributed by atoms with Crippen LogP contribution >= 0.6 is 11.6 Å². The number of aliphatic hydroxyl groups is 1. The van der Waals surface area contributed by atoms with Crippen molar-refractivity contribution in [1.82, 2.24) is 5.32 Å². The van der Waals surface area contributed by atoms with Crippen LogP contribution in [0, 0.1) is 5.92 Å². The molecule has 2 atom stereocenters. The Labute approximate surface area is 84.2 Å². The van der Waals surface area contributed by atoms with Crippen LogP contribution in [0.1, 0.15) is 6.92 Å². The van der Waals surface area contributed by atoms with Crippen LogP contribution in [0.2, 0.25) is 0 Å². The minimum absolute atomic E-state index is 0.0218. The largest absolute Gasteiger partial charge is 0.416 e. The number of nitrogens with one attached hydrogen (secondary N) is 1. The van der Waals surface area contributed by atoms with Crippen LogP contribution in [0.4, 0.5) is 13.2 Å². The summed E-state index contributed by atoms with van der Waals surface area (Å²) in [4.78, 5) is 10.9. The number of hydrogen-bond donors (Lipinski definition) is 2. The van der Waals surface area contributed by atoms with Crippen LogP contribution in [0.15, 0.2) is 0 Å². The van der Waals surface area contributed by atoms with E-state index >= 15 is 0 Å². The van der Waals surface area contributed by atoms with Gasteiger partial charge >= 0.3 is 6.18 Å². The minimum atomic E-state index is -4.71. The summed E-state index contributed by atoms with van der Waals surface area (Å²) in [5.41, 5.74) is 0. The fourth-order valence-electron chi connectivity index (χ4n) is 0.557. The maximum atomic E-state index is 11.8. The average Bonchev–Trinajstić information content (AvgIpc) is 2.10. The predicted molar refractivity (Wildman–Crippen MR) is 45.0 cm³/mol. The van der Waals surface area contributed by atoms with Crippen LogP contribution in [-0.4, -0.2) is 35.7 Å². The van der Waals surface area contributed by atoms with Gasteiger partial charge in [-0.2, -0.15) is 13.2 Å². The molecule has 0 radical (unpaired) electrons. The van der Waals surface area contributed by atoms with Crippen molar-refractivity contribution < 1.29 is 23.1 Å². The van der Waals surface area contributed by atoms with Crippen molar-refractivity contribution in [2.75, 3.05) is 12.4 Å². The molecule has 2 N–H and O–H groups in total. The lowest BCUT2D eigenvalue weighted by atomic mass is 10.2. The molecule has 2 unspecified atom stereocenters. The molecule has 3 nitrogen and oxygen atoms in total. The van der Waals surface area contributed by atoms with E-state index in [2.05, 4.69) is 0 Å². The Morgan fingerprint density at radius 3 is 2.43 bits per heavy atom. The van der Waals surface area contributed by atoms with E-state index in [1.54, 1.807) is 0 Å². The molecule has 0 aromatic carbocycles. The van der Waals surface area contributed by atoms with E-state index in [1.807, 2.05) is 5.32 Å². The Bertz CT molecular complexity index is 198. The first-order chi connectivity index (χ1) is 6.29. The zero-order valence-corrected chi connectivity index (χ0v) is 8.19. The number of aliphatic hydroxyl groups excluding tert-OH is 1. The summed E-state index contributed by atoms with van der Waals surface area (Å²) >= 11 is 5.31. The van der Waals surface area contributed by atoms with Gasteiger partial charge in [-0.1, -0.05) is 6.92 Å². The second-order valence-electron chi connectivity index (χ2n) is 2.86. The van der Waals surface area contributed by atoms with E-state index in [1.165, 1.54) is 6.92 Å². The van der Waals surface area contributed by atoms with Crippen LogP contribution in [-0.2, 0) is 4.79 Å². The van der Waals surface area contributed by atoms with Crippen LogP contribution in [0.5, 0.6) is 0 Å². The lowest BCUT2D eigenvalue weighted by molar-refractivity contribution is -0.201. The number of halogens is 4. The fraction of sp³-hybridized carbons (Fsp3) is 0.857. The van der Waals surface area contributed by atoms with E-state index in [4.69, 9.17) is 16.7 Å². The number of carbonyl (C=O) groups is 1. The summed E-state index contributed by atoms with van der Waals surface area (Å²) < 4.78 is 35.3. The molecule has 14 heavy (non-hydrogen) atoms. The topological polar surface area (TPSA) is 49.3 Å². The number of rotatable bonds is 4. The van der Waals surface area contributed by atoms with Gasteiger partial charge in [0.2, 0.25) is 5.91 Å². The second-order valence-corrected chi connectivity index (χ2v) is 3.17. The Morgan fingerprint density at radius 2 is 2.07 bits per heavy atom. The molecule has 0 rings (SSSR count). The summed E-state index contributed by atoms with van der Waals surface area (Å²) in [5.74, 6) is -1.16. The van der Waals surface area contributed by atoms with E-state index in [9.17, 15) is 18.0 Å². The first-order valence-corrected chi connectivity index (χ1v) is 4.41. The van der Waals surface area contributed by atoms with Gasteiger partial charge in [-0.15, -0.1) is 11.6 Å². The number of amides is 1. The lowest BCUT2D eigenvalue weighted by Gasteiger charge is -2.16. The molecule has 84 valence electrons. The van der Waals surface area contributed by atoms with Gasteiger partial charge in [0.05, 0.1) is 6.54 Å². The quantitative estimate of drug-likeness (QED) is 0.709. The van der Waals surface area contributed by atoms with Crippen molar-refractivity contribution in [1.29, 1.82) is 0 Å². The van der Waals surface area contributed by atoms with Crippen molar-refractivity contribution in [3.8, 4) is 0 Å². The maximum Gasteiger partial charge on any atom is 0.416 e. The highest BCUT2D eigenvalue weighted by Crippen LogP contribution is 2.19. The summed E-state index contributed by atoms with van der Waals surface area (Å²) in [6.45, 7) is 0.631. The average molecular weight is 234 g/mol. The van der Waals surface area contributed by atoms with Gasteiger partial charge < -0.3 is 10.4 Å². The van der Waals surface area contributed by atoms with Gasteiger partial charge in [0.15, 0.2) is 6.10 Å². The van der Waals surface area contributed by atoms with Crippen LogP contribution in [0.25, 0.3) is 0 Å². The summed E-state index contributed by atoms with van der Waals surface area (Å²) in [6, 6.07) is 0. The van der Waals surface area contributed by atoms with Crippen molar-refractivity contribution in [3.05, 3.63) is 0 Å². The van der Waals surface area contributed by atoms with E-state index in [-0.39, 0.29) is 5.88 Å². The smallest absolute Gasteiger partial charge is 0.382 e. The highest BCUT2D eigenvalue weighted by molar-refractivity contribution is 6.19. The zero-order valence-electron chi connectivity index (χ0n) is 7.44. The predicted octanol–water partition coefficient (Wildman–Crippen LogP) is 0.901. The molecule has 7 heteroatoms. The summed E-state index contributed by atoms with van der Waals surface area (Å²) in [5, 5.41) is 10.5. The van der Waals surface area contributed by atoms with Gasteiger partial charge in [-0.3, -0.25) is 4.79 Å². The lowest BCUT2D eigenvalue weighted by Crippen LogP contribution is -2.42. The van der Waals surface area contributed by atoms with Gasteiger partial charge in [0.1, 0.15) is 0 Å². The first-order valence-electron chi connectivity index (χ1n) is 3.87. The molecular formula is C7H11ClF3NO2. The van der Waals surface area contributed by atoms with Crippen molar-refractivity contribution >= 4 is 17.5 Å². The Kier molecular flexibility index (Phi) is 5.22. The molecule has 0 heterocycles. The number of hydrogen-bond acceptors (Lipinski definition) is 2. The van der Waals surface area contributed by atoms with Crippen molar-refractivity contribution in [2.24, 2.45) is 5.92 Å². The van der Waals surface area contributed by atoms with E-state index < -0.39 is 30.7 Å². The van der Waals surface area contributed by atoms with Crippen LogP contribution in [0.3, 0.4) is 0 Å². The molecule has 0 saturated heterocycles.